The average Bonchev–Trinajstić information content (AvgIpc) is 3.19. The smallest absolute Gasteiger partial charge is 0.340 e. The zero-order valence-corrected chi connectivity index (χ0v) is 21.6. The molecule has 0 aromatic heterocycles. The first-order valence-electron chi connectivity index (χ1n) is 12.8. The third-order valence-corrected chi connectivity index (χ3v) is 7.52. The van der Waals surface area contributed by atoms with Crippen molar-refractivity contribution in [2.75, 3.05) is 23.3 Å². The highest BCUT2D eigenvalue weighted by atomic mass is 16.6. The highest BCUT2D eigenvalue weighted by Gasteiger charge is 2.54. The molecule has 186 valence electrons. The molecule has 2 aliphatic rings. The fraction of sp³-hybridized carbons (Fsp3) is 0.219. The van der Waals surface area contributed by atoms with Crippen LogP contribution < -0.4 is 15.0 Å². The first-order chi connectivity index (χ1) is 18.0. The van der Waals surface area contributed by atoms with Gasteiger partial charge in [-0.15, -0.1) is 0 Å². The van der Waals surface area contributed by atoms with Crippen LogP contribution in [0.4, 0.5) is 17.1 Å². The molecule has 0 saturated carbocycles. The summed E-state index contributed by atoms with van der Waals surface area (Å²) < 4.78 is 13.0. The molecule has 0 bridgehead atoms. The molecule has 4 aromatic carbocycles. The van der Waals surface area contributed by atoms with E-state index in [1.165, 1.54) is 0 Å². The van der Waals surface area contributed by atoms with Gasteiger partial charge in [-0.05, 0) is 75.2 Å². The lowest BCUT2D eigenvalue weighted by Gasteiger charge is -2.39. The lowest BCUT2D eigenvalue weighted by molar-refractivity contribution is 0.0222. The van der Waals surface area contributed by atoms with Crippen LogP contribution in [0.15, 0.2) is 78.9 Å². The van der Waals surface area contributed by atoms with Gasteiger partial charge in [0.05, 0.1) is 11.1 Å². The number of esters is 1. The van der Waals surface area contributed by atoms with Gasteiger partial charge in [-0.1, -0.05) is 36.4 Å². The maximum atomic E-state index is 13.3. The number of para-hydroxylation sites is 1. The summed E-state index contributed by atoms with van der Waals surface area (Å²) in [6.07, 6.45) is 0. The Morgan fingerprint density at radius 3 is 2.30 bits per heavy atom. The van der Waals surface area contributed by atoms with Gasteiger partial charge >= 0.3 is 5.97 Å². The van der Waals surface area contributed by atoms with E-state index in [0.29, 0.717) is 11.3 Å². The van der Waals surface area contributed by atoms with Crippen molar-refractivity contribution in [1.29, 1.82) is 0 Å². The van der Waals surface area contributed by atoms with Crippen molar-refractivity contribution in [3.63, 3.8) is 0 Å². The molecule has 2 heterocycles. The fourth-order valence-electron chi connectivity index (χ4n) is 5.75. The highest BCUT2D eigenvalue weighted by molar-refractivity contribution is 5.97. The van der Waals surface area contributed by atoms with Gasteiger partial charge in [-0.2, -0.15) is 0 Å². The topological polar surface area (TPSA) is 50.8 Å². The predicted molar refractivity (Wildman–Crippen MR) is 147 cm³/mol. The quantitative estimate of drug-likeness (QED) is 0.294. The van der Waals surface area contributed by atoms with Gasteiger partial charge in [0.15, 0.2) is 5.60 Å². The number of carbonyl (C=O) groups excluding carboxylic acids is 1. The number of carbonyl (C=O) groups is 1. The summed E-state index contributed by atoms with van der Waals surface area (Å²) >= 11 is 0. The third kappa shape index (κ3) is 3.49. The number of rotatable bonds is 5. The minimum atomic E-state index is -1.09. The summed E-state index contributed by atoms with van der Waals surface area (Å²) in [5, 5.41) is 3.54. The van der Waals surface area contributed by atoms with Crippen LogP contribution in [0.3, 0.4) is 0 Å². The van der Waals surface area contributed by atoms with Crippen LogP contribution in [0.2, 0.25) is 0 Å². The molecule has 2 aliphatic heterocycles. The van der Waals surface area contributed by atoms with E-state index in [1.807, 2.05) is 60.7 Å². The van der Waals surface area contributed by atoms with Crippen LogP contribution in [0.5, 0.6) is 11.5 Å². The number of hydrogen-bond donors (Lipinski definition) is 1. The maximum Gasteiger partial charge on any atom is 0.340 e. The molecule has 0 radical (unpaired) electrons. The van der Waals surface area contributed by atoms with E-state index in [0.717, 1.165) is 63.7 Å². The number of nitrogens with one attached hydrogen (secondary N) is 1. The zero-order chi connectivity index (χ0) is 25.7. The van der Waals surface area contributed by atoms with Crippen molar-refractivity contribution < 1.29 is 14.3 Å². The largest absolute Gasteiger partial charge is 0.456 e. The highest BCUT2D eigenvalue weighted by Crippen LogP contribution is 2.58. The number of hydrogen-bond acceptors (Lipinski definition) is 5. The minimum Gasteiger partial charge on any atom is -0.456 e. The van der Waals surface area contributed by atoms with Gasteiger partial charge in [0.2, 0.25) is 0 Å². The molecule has 0 fully saturated rings. The molecule has 0 saturated heterocycles. The van der Waals surface area contributed by atoms with Gasteiger partial charge in [0.25, 0.3) is 0 Å². The standard InChI is InChI=1S/C32H30N2O3/c1-5-34(6-2)23-16-21(4)30-29(18-23)36-28-17-20(3)27(33-22-12-8-7-9-13-22)19-26(28)32(30)25-15-11-10-14-24(25)31(35)37-32/h7-19,33H,5-6H2,1-4H3. The second kappa shape index (κ2) is 8.70. The van der Waals surface area contributed by atoms with Crippen LogP contribution in [0, 0.1) is 13.8 Å². The summed E-state index contributed by atoms with van der Waals surface area (Å²) in [6, 6.07) is 26.1. The van der Waals surface area contributed by atoms with Crippen molar-refractivity contribution >= 4 is 23.0 Å². The Balaban J connectivity index is 1.62. The Morgan fingerprint density at radius 2 is 1.54 bits per heavy atom. The number of anilines is 3. The normalized spacial score (nSPS) is 16.9. The molecule has 5 nitrogen and oxygen atoms in total. The molecule has 1 N–H and O–H groups in total. The van der Waals surface area contributed by atoms with Gasteiger partial charge in [0.1, 0.15) is 11.5 Å². The zero-order valence-electron chi connectivity index (χ0n) is 21.6. The van der Waals surface area contributed by atoms with Gasteiger partial charge in [-0.3, -0.25) is 0 Å². The Morgan fingerprint density at radius 1 is 0.811 bits per heavy atom. The SMILES string of the molecule is CCN(CC)c1cc(C)c2c(c1)Oc1cc(C)c(Nc3ccccc3)cc1C21OC(=O)c2ccccc21. The van der Waals surface area contributed by atoms with Crippen LogP contribution in [0.1, 0.15) is 52.0 Å². The van der Waals surface area contributed by atoms with Crippen molar-refractivity contribution in [1.82, 2.24) is 0 Å². The lowest BCUT2D eigenvalue weighted by Crippen LogP contribution is -2.34. The minimum absolute atomic E-state index is 0.320. The van der Waals surface area contributed by atoms with Crippen LogP contribution >= 0.6 is 0 Å². The van der Waals surface area contributed by atoms with Crippen LogP contribution in [-0.2, 0) is 10.3 Å². The van der Waals surface area contributed by atoms with Crippen molar-refractivity contribution in [2.45, 2.75) is 33.3 Å². The second-order valence-corrected chi connectivity index (χ2v) is 9.68. The van der Waals surface area contributed by atoms with E-state index in [9.17, 15) is 4.79 Å². The maximum absolute atomic E-state index is 13.3. The first-order valence-corrected chi connectivity index (χ1v) is 12.8. The van der Waals surface area contributed by atoms with Crippen molar-refractivity contribution in [3.05, 3.63) is 112 Å². The predicted octanol–water partition coefficient (Wildman–Crippen LogP) is 7.46. The number of ether oxygens (including phenoxy) is 2. The van der Waals surface area contributed by atoms with Crippen molar-refractivity contribution in [3.8, 4) is 11.5 Å². The van der Waals surface area contributed by atoms with Gasteiger partial charge in [0, 0.05) is 47.3 Å². The fourth-order valence-corrected chi connectivity index (χ4v) is 5.75. The molecule has 1 unspecified atom stereocenters. The summed E-state index contributed by atoms with van der Waals surface area (Å²) in [6.45, 7) is 10.2. The number of benzene rings is 4. The number of nitrogens with zero attached hydrogens (tertiary/aromatic N) is 1. The monoisotopic (exact) mass is 490 g/mol. The molecule has 37 heavy (non-hydrogen) atoms. The summed E-state index contributed by atoms with van der Waals surface area (Å²) in [7, 11) is 0. The second-order valence-electron chi connectivity index (χ2n) is 9.68. The molecular weight excluding hydrogens is 460 g/mol. The van der Waals surface area contributed by atoms with E-state index in [4.69, 9.17) is 9.47 Å². The molecule has 6 rings (SSSR count). The summed E-state index contributed by atoms with van der Waals surface area (Å²) in [4.78, 5) is 15.6. The molecule has 4 aromatic rings. The number of fused-ring (bicyclic) bond motifs is 6. The Hall–Kier alpha value is -4.25. The summed E-state index contributed by atoms with van der Waals surface area (Å²) in [5.74, 6) is 1.10. The van der Waals surface area contributed by atoms with Crippen molar-refractivity contribution in [2.24, 2.45) is 0 Å². The van der Waals surface area contributed by atoms with Crippen LogP contribution in [0.25, 0.3) is 0 Å². The molecule has 5 heteroatoms. The molecule has 1 spiro atoms. The molecule has 0 amide bonds. The Labute approximate surface area is 217 Å². The summed E-state index contributed by atoms with van der Waals surface area (Å²) in [5.41, 5.74) is 7.12. The first kappa shape index (κ1) is 23.2. The molecular formula is C32H30N2O3. The molecule has 0 aliphatic carbocycles. The van der Waals surface area contributed by atoms with Crippen LogP contribution in [-0.4, -0.2) is 19.1 Å². The lowest BCUT2D eigenvalue weighted by atomic mass is 9.75. The van der Waals surface area contributed by atoms with Gasteiger partial charge < -0.3 is 19.7 Å². The van der Waals surface area contributed by atoms with E-state index >= 15 is 0 Å². The van der Waals surface area contributed by atoms with E-state index in [2.05, 4.69) is 56.1 Å². The van der Waals surface area contributed by atoms with E-state index in [1.54, 1.807) is 0 Å². The van der Waals surface area contributed by atoms with Gasteiger partial charge in [-0.25, -0.2) is 4.79 Å². The van der Waals surface area contributed by atoms with E-state index < -0.39 is 5.60 Å². The average molecular weight is 491 g/mol. The Kier molecular flexibility index (Phi) is 5.45. The Bertz CT molecular complexity index is 1530. The van der Waals surface area contributed by atoms with E-state index in [-0.39, 0.29) is 5.97 Å². The number of aryl methyl sites for hydroxylation is 2. The third-order valence-electron chi connectivity index (χ3n) is 7.52. The molecule has 1 atom stereocenters.